The van der Waals surface area contributed by atoms with Crippen LogP contribution in [0.1, 0.15) is 23.9 Å². The largest absolute Gasteiger partial charge is 0.493 e. The van der Waals surface area contributed by atoms with Crippen molar-refractivity contribution in [3.8, 4) is 17.2 Å². The molecule has 0 saturated carbocycles. The van der Waals surface area contributed by atoms with E-state index in [-0.39, 0.29) is 0 Å². The average molecular weight is 418 g/mol. The highest BCUT2D eigenvalue weighted by Gasteiger charge is 2.14. The summed E-state index contributed by atoms with van der Waals surface area (Å²) in [6, 6.07) is 14.1. The molecule has 2 heterocycles. The maximum absolute atomic E-state index is 5.80. The van der Waals surface area contributed by atoms with Crippen molar-refractivity contribution in [2.24, 2.45) is 5.73 Å². The molecule has 0 spiro atoms. The highest BCUT2D eigenvalue weighted by atomic mass is 16.5. The summed E-state index contributed by atoms with van der Waals surface area (Å²) in [5.74, 6) is 2.16. The van der Waals surface area contributed by atoms with Crippen LogP contribution in [-0.4, -0.2) is 37.3 Å². The van der Waals surface area contributed by atoms with Crippen molar-refractivity contribution >= 4 is 21.7 Å². The number of nitrogens with zero attached hydrogens (tertiary/aromatic N) is 2. The van der Waals surface area contributed by atoms with Gasteiger partial charge in [-0.05, 0) is 41.6 Å². The molecule has 31 heavy (non-hydrogen) atoms. The molecule has 0 aliphatic carbocycles. The quantitative estimate of drug-likeness (QED) is 0.461. The summed E-state index contributed by atoms with van der Waals surface area (Å²) >= 11 is 0. The second-order valence-electron chi connectivity index (χ2n) is 7.28. The van der Waals surface area contributed by atoms with Gasteiger partial charge in [0.05, 0.1) is 14.2 Å². The van der Waals surface area contributed by atoms with Crippen molar-refractivity contribution in [2.45, 2.75) is 19.8 Å². The van der Waals surface area contributed by atoms with Crippen molar-refractivity contribution in [2.75, 3.05) is 27.4 Å². The zero-order valence-electron chi connectivity index (χ0n) is 18.1. The van der Waals surface area contributed by atoms with Crippen molar-refractivity contribution < 1.29 is 14.2 Å². The van der Waals surface area contributed by atoms with Gasteiger partial charge in [-0.2, -0.15) is 0 Å². The van der Waals surface area contributed by atoms with Crippen LogP contribution in [0, 0.1) is 0 Å². The van der Waals surface area contributed by atoms with Crippen LogP contribution in [0.15, 0.2) is 48.7 Å². The Labute approximate surface area is 182 Å². The van der Waals surface area contributed by atoms with E-state index in [1.54, 1.807) is 14.2 Å². The summed E-state index contributed by atoms with van der Waals surface area (Å²) in [6.45, 7) is 3.02. The SMILES string of the molecule is CCc1ncc(Cc2ccc3cccc(OCCN)c3n2)c2cc(OC)c(OC)cc12. The van der Waals surface area contributed by atoms with Crippen LogP contribution in [0.2, 0.25) is 0 Å². The zero-order valence-corrected chi connectivity index (χ0v) is 18.1. The van der Waals surface area contributed by atoms with Gasteiger partial charge in [-0.3, -0.25) is 4.98 Å². The third-order valence-corrected chi connectivity index (χ3v) is 5.38. The number of methoxy groups -OCH3 is 2. The fourth-order valence-corrected chi connectivity index (χ4v) is 3.84. The molecule has 0 bridgehead atoms. The van der Waals surface area contributed by atoms with E-state index in [2.05, 4.69) is 19.1 Å². The van der Waals surface area contributed by atoms with E-state index < -0.39 is 0 Å². The summed E-state index contributed by atoms with van der Waals surface area (Å²) in [5, 5.41) is 3.21. The minimum absolute atomic E-state index is 0.458. The van der Waals surface area contributed by atoms with Gasteiger partial charge in [-0.1, -0.05) is 25.1 Å². The first kappa shape index (κ1) is 20.9. The first-order chi connectivity index (χ1) is 15.2. The van der Waals surface area contributed by atoms with Crippen LogP contribution < -0.4 is 19.9 Å². The van der Waals surface area contributed by atoms with Gasteiger partial charge in [0.25, 0.3) is 0 Å². The third kappa shape index (κ3) is 4.11. The van der Waals surface area contributed by atoms with E-state index in [1.807, 2.05) is 36.5 Å². The van der Waals surface area contributed by atoms with Crippen LogP contribution in [0.5, 0.6) is 17.2 Å². The lowest BCUT2D eigenvalue weighted by atomic mass is 9.99. The summed E-state index contributed by atoms with van der Waals surface area (Å²) < 4.78 is 16.9. The molecule has 0 radical (unpaired) electrons. The second kappa shape index (κ2) is 9.18. The summed E-state index contributed by atoms with van der Waals surface area (Å²) in [6.07, 6.45) is 3.42. The molecule has 2 aromatic heterocycles. The van der Waals surface area contributed by atoms with Gasteiger partial charge in [-0.15, -0.1) is 0 Å². The molecular formula is C25H27N3O3. The van der Waals surface area contributed by atoms with E-state index in [4.69, 9.17) is 29.9 Å². The fraction of sp³-hybridized carbons (Fsp3) is 0.280. The Balaban J connectivity index is 1.80. The molecule has 0 fully saturated rings. The highest BCUT2D eigenvalue weighted by Crippen LogP contribution is 2.35. The predicted octanol–water partition coefficient (Wildman–Crippen LogP) is 4.29. The van der Waals surface area contributed by atoms with Crippen LogP contribution in [0.4, 0.5) is 0 Å². The van der Waals surface area contributed by atoms with Crippen LogP contribution in [0.25, 0.3) is 21.7 Å². The number of fused-ring (bicyclic) bond motifs is 2. The summed E-state index contributed by atoms with van der Waals surface area (Å²) in [7, 11) is 3.30. The maximum Gasteiger partial charge on any atom is 0.161 e. The molecule has 6 nitrogen and oxygen atoms in total. The number of aromatic nitrogens is 2. The van der Waals surface area contributed by atoms with Gasteiger partial charge in [0.1, 0.15) is 17.9 Å². The Morgan fingerprint density at radius 1 is 0.935 bits per heavy atom. The topological polar surface area (TPSA) is 79.5 Å². The smallest absolute Gasteiger partial charge is 0.161 e. The van der Waals surface area contributed by atoms with Gasteiger partial charge in [-0.25, -0.2) is 4.98 Å². The average Bonchev–Trinajstić information content (AvgIpc) is 2.82. The normalized spacial score (nSPS) is 11.1. The minimum Gasteiger partial charge on any atom is -0.493 e. The van der Waals surface area contributed by atoms with Crippen LogP contribution >= 0.6 is 0 Å². The van der Waals surface area contributed by atoms with E-state index in [9.17, 15) is 0 Å². The van der Waals surface area contributed by atoms with Crippen molar-refractivity contribution in [1.82, 2.24) is 9.97 Å². The number of para-hydroxylation sites is 1. The van der Waals surface area contributed by atoms with Gasteiger partial charge in [0.2, 0.25) is 0 Å². The molecular weight excluding hydrogens is 390 g/mol. The number of hydrogen-bond donors (Lipinski definition) is 1. The van der Waals surface area contributed by atoms with E-state index in [0.29, 0.717) is 31.1 Å². The number of rotatable bonds is 8. The molecule has 6 heteroatoms. The Morgan fingerprint density at radius 3 is 2.42 bits per heavy atom. The highest BCUT2D eigenvalue weighted by molar-refractivity contribution is 5.91. The van der Waals surface area contributed by atoms with E-state index >= 15 is 0 Å². The number of pyridine rings is 2. The molecule has 0 atom stereocenters. The van der Waals surface area contributed by atoms with Crippen LogP contribution in [0.3, 0.4) is 0 Å². The second-order valence-corrected chi connectivity index (χ2v) is 7.28. The molecule has 0 amide bonds. The van der Waals surface area contributed by atoms with Gasteiger partial charge in [0, 0.05) is 41.3 Å². The number of nitrogens with two attached hydrogens (primary N) is 1. The monoisotopic (exact) mass is 417 g/mol. The molecule has 0 unspecified atom stereocenters. The molecule has 4 aromatic rings. The number of aryl methyl sites for hydroxylation is 1. The van der Waals surface area contributed by atoms with Gasteiger partial charge >= 0.3 is 0 Å². The van der Waals surface area contributed by atoms with Crippen molar-refractivity contribution in [1.29, 1.82) is 0 Å². The Morgan fingerprint density at radius 2 is 1.71 bits per heavy atom. The number of ether oxygens (including phenoxy) is 3. The number of benzene rings is 2. The molecule has 2 aromatic carbocycles. The lowest BCUT2D eigenvalue weighted by molar-refractivity contribution is 0.331. The zero-order chi connectivity index (χ0) is 21.8. The Bertz CT molecular complexity index is 1220. The third-order valence-electron chi connectivity index (χ3n) is 5.38. The standard InChI is InChI=1S/C25H27N3O3/c1-4-21-20-14-24(30-3)23(29-2)13-19(20)17(15-27-21)12-18-9-8-16-6-5-7-22(25(16)28-18)31-11-10-26/h5-9,13-15H,4,10-12,26H2,1-3H3. The van der Waals surface area contributed by atoms with E-state index in [1.165, 1.54) is 0 Å². The summed E-state index contributed by atoms with van der Waals surface area (Å²) in [4.78, 5) is 9.61. The maximum atomic E-state index is 5.80. The molecule has 0 aliphatic rings. The first-order valence-corrected chi connectivity index (χ1v) is 10.4. The summed E-state index contributed by atoms with van der Waals surface area (Å²) in [5.41, 5.74) is 9.50. The number of hydrogen-bond acceptors (Lipinski definition) is 6. The molecule has 0 aliphatic heterocycles. The van der Waals surface area contributed by atoms with Crippen LogP contribution in [-0.2, 0) is 12.8 Å². The fourth-order valence-electron chi connectivity index (χ4n) is 3.84. The van der Waals surface area contributed by atoms with Gasteiger partial charge in [0.15, 0.2) is 11.5 Å². The Kier molecular flexibility index (Phi) is 6.18. The van der Waals surface area contributed by atoms with Crippen molar-refractivity contribution in [3.05, 3.63) is 65.6 Å². The molecule has 4 rings (SSSR count). The lowest BCUT2D eigenvalue weighted by Crippen LogP contribution is -2.11. The van der Waals surface area contributed by atoms with Gasteiger partial charge < -0.3 is 19.9 Å². The predicted molar refractivity (Wildman–Crippen MR) is 123 cm³/mol. The lowest BCUT2D eigenvalue weighted by Gasteiger charge is -2.14. The minimum atomic E-state index is 0.458. The molecule has 2 N–H and O–H groups in total. The van der Waals surface area contributed by atoms with E-state index in [0.717, 1.165) is 50.8 Å². The Hall–Kier alpha value is -3.38. The van der Waals surface area contributed by atoms with Crippen molar-refractivity contribution in [3.63, 3.8) is 0 Å². The first-order valence-electron chi connectivity index (χ1n) is 10.4. The molecule has 160 valence electrons. The molecule has 0 saturated heterocycles.